The van der Waals surface area contributed by atoms with Gasteiger partial charge in [0.05, 0.1) is 5.92 Å². The average molecular weight is 235 g/mol. The zero-order valence-corrected chi connectivity index (χ0v) is 10.4. The van der Waals surface area contributed by atoms with Crippen LogP contribution >= 0.6 is 0 Å². The Morgan fingerprint density at radius 3 is 2.59 bits per heavy atom. The van der Waals surface area contributed by atoms with E-state index in [2.05, 4.69) is 6.92 Å². The maximum absolute atomic E-state index is 11.3. The number of rotatable bonds is 7. The average Bonchev–Trinajstić information content (AvgIpc) is 2.30. The zero-order chi connectivity index (χ0) is 12.7. The summed E-state index contributed by atoms with van der Waals surface area (Å²) < 4.78 is 0. The lowest BCUT2D eigenvalue weighted by molar-refractivity contribution is -0.139. The highest BCUT2D eigenvalue weighted by atomic mass is 16.4. The molecule has 0 saturated carbocycles. The Balaban J connectivity index is 2.66. The Labute approximate surface area is 103 Å². The van der Waals surface area contributed by atoms with Gasteiger partial charge >= 0.3 is 5.97 Å². The van der Waals surface area contributed by atoms with Crippen LogP contribution in [0.2, 0.25) is 0 Å². The van der Waals surface area contributed by atoms with E-state index in [1.807, 2.05) is 18.2 Å². The third kappa shape index (κ3) is 4.10. The van der Waals surface area contributed by atoms with Crippen LogP contribution < -0.4 is 5.73 Å². The summed E-state index contributed by atoms with van der Waals surface area (Å²) in [5.41, 5.74) is 7.15. The first kappa shape index (κ1) is 13.6. The molecule has 0 heterocycles. The van der Waals surface area contributed by atoms with E-state index in [1.165, 1.54) is 0 Å². The van der Waals surface area contributed by atoms with E-state index in [4.69, 9.17) is 5.73 Å². The number of nitrogen functional groups attached to an aromatic ring is 1. The summed E-state index contributed by atoms with van der Waals surface area (Å²) in [6, 6.07) is 7.24. The zero-order valence-electron chi connectivity index (χ0n) is 10.4. The fourth-order valence-corrected chi connectivity index (χ4v) is 2.02. The summed E-state index contributed by atoms with van der Waals surface area (Å²) in [4.78, 5) is 11.3. The lowest BCUT2D eigenvalue weighted by Crippen LogP contribution is -2.13. The Hall–Kier alpha value is -1.51. The van der Waals surface area contributed by atoms with Crippen LogP contribution in [0.4, 0.5) is 5.69 Å². The maximum Gasteiger partial charge on any atom is 0.311 e. The minimum Gasteiger partial charge on any atom is -0.481 e. The molecule has 3 N–H and O–H groups in total. The quantitative estimate of drug-likeness (QED) is 0.562. The molecule has 0 spiro atoms. The van der Waals surface area contributed by atoms with Gasteiger partial charge in [-0.15, -0.1) is 0 Å². The van der Waals surface area contributed by atoms with Crippen molar-refractivity contribution < 1.29 is 9.90 Å². The van der Waals surface area contributed by atoms with Crippen LogP contribution in [0.25, 0.3) is 0 Å². The van der Waals surface area contributed by atoms with Gasteiger partial charge in [-0.3, -0.25) is 4.79 Å². The molecule has 17 heavy (non-hydrogen) atoms. The van der Waals surface area contributed by atoms with Crippen LogP contribution in [0.15, 0.2) is 24.3 Å². The van der Waals surface area contributed by atoms with Gasteiger partial charge in [0.25, 0.3) is 0 Å². The molecule has 1 aromatic rings. The molecule has 0 fully saturated rings. The van der Waals surface area contributed by atoms with E-state index in [1.54, 1.807) is 6.07 Å². The predicted molar refractivity (Wildman–Crippen MR) is 70.0 cm³/mol. The number of hydrogen-bond donors (Lipinski definition) is 2. The van der Waals surface area contributed by atoms with Crippen LogP contribution in [-0.2, 0) is 4.79 Å². The van der Waals surface area contributed by atoms with Gasteiger partial charge in [0.2, 0.25) is 0 Å². The first-order chi connectivity index (χ1) is 8.16. The highest BCUT2D eigenvalue weighted by molar-refractivity contribution is 5.78. The highest BCUT2D eigenvalue weighted by Crippen LogP contribution is 2.27. The molecule has 1 rings (SSSR count). The maximum atomic E-state index is 11.3. The lowest BCUT2D eigenvalue weighted by atomic mass is 9.92. The molecule has 1 unspecified atom stereocenters. The number of nitrogens with two attached hydrogens (primary N) is 1. The van der Waals surface area contributed by atoms with Gasteiger partial charge in [0, 0.05) is 5.69 Å². The van der Waals surface area contributed by atoms with Crippen LogP contribution in [0.3, 0.4) is 0 Å². The van der Waals surface area contributed by atoms with Gasteiger partial charge in [0.15, 0.2) is 0 Å². The number of carboxylic acid groups (broad SMARTS) is 1. The van der Waals surface area contributed by atoms with Gasteiger partial charge in [-0.25, -0.2) is 0 Å². The molecule has 3 nitrogen and oxygen atoms in total. The standard InChI is InChI=1S/C14H21NO2/c1-2-3-4-5-9-12(14(16)17)11-8-6-7-10-13(11)15/h6-8,10,12H,2-5,9,15H2,1H3,(H,16,17). The number of anilines is 1. The summed E-state index contributed by atoms with van der Waals surface area (Å²) in [5, 5.41) is 9.25. The topological polar surface area (TPSA) is 63.3 Å². The van der Waals surface area contributed by atoms with Crippen molar-refractivity contribution in [1.29, 1.82) is 0 Å². The van der Waals surface area contributed by atoms with E-state index >= 15 is 0 Å². The molecule has 0 bridgehead atoms. The van der Waals surface area contributed by atoms with Crippen LogP contribution in [0.5, 0.6) is 0 Å². The minimum absolute atomic E-state index is 0.465. The first-order valence-corrected chi connectivity index (χ1v) is 6.24. The molecule has 0 aromatic heterocycles. The van der Waals surface area contributed by atoms with Gasteiger partial charge in [0.1, 0.15) is 0 Å². The number of benzene rings is 1. The van der Waals surface area contributed by atoms with Crippen molar-refractivity contribution in [3.05, 3.63) is 29.8 Å². The first-order valence-electron chi connectivity index (χ1n) is 6.24. The SMILES string of the molecule is CCCCCCC(C(=O)O)c1ccccc1N. The summed E-state index contributed by atoms with van der Waals surface area (Å²) in [7, 11) is 0. The predicted octanol–water partition coefficient (Wildman–Crippen LogP) is 3.41. The molecule has 0 saturated heterocycles. The second-order valence-electron chi connectivity index (χ2n) is 4.37. The number of hydrogen-bond acceptors (Lipinski definition) is 2. The Bertz CT molecular complexity index is 363. The van der Waals surface area contributed by atoms with Crippen LogP contribution in [-0.4, -0.2) is 11.1 Å². The summed E-state index contributed by atoms with van der Waals surface area (Å²) in [6.07, 6.45) is 5.03. The largest absolute Gasteiger partial charge is 0.481 e. The van der Waals surface area contributed by atoms with Gasteiger partial charge in [-0.05, 0) is 18.1 Å². The van der Waals surface area contributed by atoms with Crippen molar-refractivity contribution in [1.82, 2.24) is 0 Å². The normalized spacial score (nSPS) is 12.3. The van der Waals surface area contributed by atoms with E-state index in [0.29, 0.717) is 12.1 Å². The summed E-state index contributed by atoms with van der Waals surface area (Å²) in [5.74, 6) is -1.24. The molecular formula is C14H21NO2. The molecule has 0 aliphatic heterocycles. The molecule has 0 amide bonds. The second kappa shape index (κ2) is 6.94. The highest BCUT2D eigenvalue weighted by Gasteiger charge is 2.20. The Kier molecular flexibility index (Phi) is 5.53. The monoisotopic (exact) mass is 235 g/mol. The fourth-order valence-electron chi connectivity index (χ4n) is 2.02. The molecule has 0 radical (unpaired) electrons. The third-order valence-corrected chi connectivity index (χ3v) is 3.02. The minimum atomic E-state index is -0.778. The van der Waals surface area contributed by atoms with Crippen molar-refractivity contribution in [3.63, 3.8) is 0 Å². The van der Waals surface area contributed by atoms with Crippen molar-refractivity contribution >= 4 is 11.7 Å². The van der Waals surface area contributed by atoms with E-state index in [-0.39, 0.29) is 0 Å². The molecule has 3 heteroatoms. The van der Waals surface area contributed by atoms with Crippen molar-refractivity contribution in [2.75, 3.05) is 5.73 Å². The molecule has 94 valence electrons. The molecule has 1 aromatic carbocycles. The van der Waals surface area contributed by atoms with E-state index in [0.717, 1.165) is 31.2 Å². The van der Waals surface area contributed by atoms with E-state index < -0.39 is 11.9 Å². The molecular weight excluding hydrogens is 214 g/mol. The third-order valence-electron chi connectivity index (χ3n) is 3.02. The van der Waals surface area contributed by atoms with E-state index in [9.17, 15) is 9.90 Å². The van der Waals surface area contributed by atoms with Gasteiger partial charge < -0.3 is 10.8 Å². The fraction of sp³-hybridized carbons (Fsp3) is 0.500. The van der Waals surface area contributed by atoms with Gasteiger partial charge in [-0.2, -0.15) is 0 Å². The van der Waals surface area contributed by atoms with Gasteiger partial charge in [-0.1, -0.05) is 50.8 Å². The Morgan fingerprint density at radius 2 is 2.00 bits per heavy atom. The van der Waals surface area contributed by atoms with Crippen molar-refractivity contribution in [2.45, 2.75) is 44.9 Å². The second-order valence-corrected chi connectivity index (χ2v) is 4.37. The number of carboxylic acids is 1. The summed E-state index contributed by atoms with van der Waals surface area (Å²) >= 11 is 0. The summed E-state index contributed by atoms with van der Waals surface area (Å²) in [6.45, 7) is 2.14. The lowest BCUT2D eigenvalue weighted by Gasteiger charge is -2.14. The smallest absolute Gasteiger partial charge is 0.311 e. The number of carbonyl (C=O) groups is 1. The van der Waals surface area contributed by atoms with Crippen molar-refractivity contribution in [2.24, 2.45) is 0 Å². The molecule has 0 aliphatic carbocycles. The number of aliphatic carboxylic acids is 1. The van der Waals surface area contributed by atoms with Crippen LogP contribution in [0, 0.1) is 0 Å². The van der Waals surface area contributed by atoms with Crippen LogP contribution in [0.1, 0.15) is 50.5 Å². The number of unbranched alkanes of at least 4 members (excludes halogenated alkanes) is 3. The Morgan fingerprint density at radius 1 is 1.29 bits per heavy atom. The number of para-hydroxylation sites is 1. The molecule has 0 aliphatic rings. The van der Waals surface area contributed by atoms with Crippen molar-refractivity contribution in [3.8, 4) is 0 Å². The molecule has 1 atom stereocenters.